The van der Waals surface area contributed by atoms with E-state index in [0.717, 1.165) is 90.0 Å². The van der Waals surface area contributed by atoms with Gasteiger partial charge in [-0.1, -0.05) is 64.5 Å². The summed E-state index contributed by atoms with van der Waals surface area (Å²) in [5.41, 5.74) is 14.7. The zero-order chi connectivity index (χ0) is 45.1. The quantitative estimate of drug-likeness (QED) is 0.128. The number of hydrogen-bond donors (Lipinski definition) is 4. The highest BCUT2D eigenvalue weighted by Crippen LogP contribution is 2.54. The Hall–Kier alpha value is -5.70. The van der Waals surface area contributed by atoms with E-state index in [9.17, 15) is 0 Å². The predicted octanol–water partition coefficient (Wildman–Crippen LogP) is 6.40. The summed E-state index contributed by atoms with van der Waals surface area (Å²) in [6.07, 6.45) is 6.53. The molecule has 6 N–H and O–H groups in total. The Labute approximate surface area is 381 Å². The largest absolute Gasteiger partial charge is 0.487 e. The number of ether oxygens (including phenoxy) is 4. The molecule has 0 saturated carbocycles. The van der Waals surface area contributed by atoms with Crippen LogP contribution in [0.1, 0.15) is 62.5 Å². The molecule has 4 spiro atoms. The molecule has 0 bridgehead atoms. The highest BCUT2D eigenvalue weighted by molar-refractivity contribution is 9.10. The minimum Gasteiger partial charge on any atom is -0.487 e. The maximum atomic E-state index is 8.70. The monoisotopic (exact) mass is 932 g/mol. The zero-order valence-corrected chi connectivity index (χ0v) is 37.3. The lowest BCUT2D eigenvalue weighted by molar-refractivity contribution is -0.206. The second kappa shape index (κ2) is 18.4. The van der Waals surface area contributed by atoms with Gasteiger partial charge in [0.25, 0.3) is 0 Å². The van der Waals surface area contributed by atoms with Gasteiger partial charge in [-0.2, -0.15) is 0 Å². The van der Waals surface area contributed by atoms with Crippen LogP contribution in [-0.4, -0.2) is 90.9 Å². The van der Waals surface area contributed by atoms with E-state index in [1.54, 1.807) is 38.4 Å². The fraction of sp³-hybridized carbons (Fsp3) is 0.391. The summed E-state index contributed by atoms with van der Waals surface area (Å²) in [4.78, 5) is 28.5. The minimum absolute atomic E-state index is 0.327. The first-order valence-electron chi connectivity index (χ1n) is 21.1. The first-order valence-corrected chi connectivity index (χ1v) is 21.9. The highest BCUT2D eigenvalue weighted by atomic mass is 79.9. The summed E-state index contributed by atoms with van der Waals surface area (Å²) in [6, 6.07) is 25.8. The number of hydroxylamine groups is 4. The number of nitrogens with zero attached hydrogens (tertiary/aromatic N) is 6. The molecular weight excluding hydrogens is 883 g/mol. The highest BCUT2D eigenvalue weighted by Gasteiger charge is 2.56. The van der Waals surface area contributed by atoms with Gasteiger partial charge in [0.05, 0.1) is 37.5 Å². The second-order valence-electron chi connectivity index (χ2n) is 16.6. The lowest BCUT2D eigenvalue weighted by Crippen LogP contribution is -2.48. The Morgan fingerprint density at radius 3 is 1.70 bits per heavy atom. The van der Waals surface area contributed by atoms with Crippen LogP contribution in [0.15, 0.2) is 99.4 Å². The molecule has 4 aromatic rings. The summed E-state index contributed by atoms with van der Waals surface area (Å²) in [7, 11) is 2.06. The van der Waals surface area contributed by atoms with Crippen molar-refractivity contribution in [3.63, 3.8) is 0 Å². The van der Waals surface area contributed by atoms with E-state index in [-0.39, 0.29) is 5.60 Å². The Morgan fingerprint density at radius 1 is 0.656 bits per heavy atom. The van der Waals surface area contributed by atoms with Crippen molar-refractivity contribution < 1.29 is 38.7 Å². The normalized spacial score (nSPS) is 26.5. The number of halogens is 1. The maximum Gasteiger partial charge on any atom is 0.487 e. The van der Waals surface area contributed by atoms with Gasteiger partial charge >= 0.3 is 7.12 Å². The lowest BCUT2D eigenvalue weighted by Gasteiger charge is -2.44. The standard InChI is InChI=1S/C23H24N4O3.C16H20BrN3O3.C7H6BNO2/c1-25-18-6-3-5-16(13-18)17-7-8-20-19(14-17)23(26-21(24)27(2)30-23)15-22(29-20)9-4-11-28-12-10-22;1-20-14(18)19-16(23-20)10-15(5-2-7-21-8-6-15)22-13-4-3-11(17)9-12(13)16;1-9-7-4-2-3-6(5-7)8(10)11/h3,5-8,13-14H,4,9-12,15H2,2H3,(H2,24,26);3-4,9H,2,5-8,10H2,1H3,(H2,18,19);2-5,10-11H. The number of benzene rings is 4. The molecule has 16 nitrogen and oxygen atoms in total. The van der Waals surface area contributed by atoms with E-state index >= 15 is 0 Å². The third-order valence-electron chi connectivity index (χ3n) is 12.2. The van der Waals surface area contributed by atoms with E-state index in [1.807, 2.05) is 54.6 Å². The lowest BCUT2D eigenvalue weighted by atomic mass is 9.79. The van der Waals surface area contributed by atoms with Crippen molar-refractivity contribution in [1.29, 1.82) is 0 Å². The minimum atomic E-state index is -1.49. The van der Waals surface area contributed by atoms with Gasteiger partial charge in [-0.25, -0.2) is 39.5 Å². The Bertz CT molecular complexity index is 2520. The molecular formula is C46H50BBrN8O8. The molecule has 0 aromatic heterocycles. The van der Waals surface area contributed by atoms with E-state index in [2.05, 4.69) is 30.6 Å². The molecule has 6 aliphatic rings. The Kier molecular flexibility index (Phi) is 12.9. The van der Waals surface area contributed by atoms with Gasteiger partial charge in [-0.3, -0.25) is 0 Å². The Balaban J connectivity index is 0.000000145. The molecule has 6 heterocycles. The van der Waals surface area contributed by atoms with E-state index in [1.165, 1.54) is 16.2 Å². The molecule has 4 atom stereocenters. The molecule has 64 heavy (non-hydrogen) atoms. The van der Waals surface area contributed by atoms with Gasteiger partial charge in [0.15, 0.2) is 11.4 Å². The van der Waals surface area contributed by atoms with Gasteiger partial charge in [0.1, 0.15) is 22.7 Å². The zero-order valence-electron chi connectivity index (χ0n) is 35.7. The first kappa shape index (κ1) is 44.9. The first-order chi connectivity index (χ1) is 30.8. The van der Waals surface area contributed by atoms with Crippen molar-refractivity contribution >= 4 is 51.8 Å². The van der Waals surface area contributed by atoms with E-state index in [0.29, 0.717) is 54.8 Å². The molecule has 18 heteroatoms. The fourth-order valence-corrected chi connectivity index (χ4v) is 9.46. The van der Waals surface area contributed by atoms with E-state index in [4.69, 9.17) is 68.3 Å². The van der Waals surface area contributed by atoms with Crippen LogP contribution in [0.4, 0.5) is 11.4 Å². The summed E-state index contributed by atoms with van der Waals surface area (Å²) in [5, 5.41) is 20.5. The van der Waals surface area contributed by atoms with Crippen LogP contribution in [0.3, 0.4) is 0 Å². The smallest absolute Gasteiger partial charge is 0.487 e. The van der Waals surface area contributed by atoms with Crippen LogP contribution in [0.5, 0.6) is 11.5 Å². The molecule has 2 fully saturated rings. The van der Waals surface area contributed by atoms with Crippen molar-refractivity contribution in [2.45, 2.75) is 74.0 Å². The van der Waals surface area contributed by atoms with Gasteiger partial charge < -0.3 is 40.5 Å². The molecule has 0 amide bonds. The summed E-state index contributed by atoms with van der Waals surface area (Å²) < 4.78 is 25.3. The number of hydrogen-bond acceptors (Lipinski definition) is 14. The van der Waals surface area contributed by atoms with E-state index < -0.39 is 24.2 Å². The molecule has 4 aromatic carbocycles. The second-order valence-corrected chi connectivity index (χ2v) is 17.6. The number of rotatable bonds is 2. The third kappa shape index (κ3) is 9.27. The van der Waals surface area contributed by atoms with Crippen LogP contribution in [-0.2, 0) is 30.6 Å². The van der Waals surface area contributed by atoms with Crippen molar-refractivity contribution in [3.8, 4) is 22.6 Å². The number of fused-ring (bicyclic) bond motifs is 4. The molecule has 4 unspecified atom stereocenters. The van der Waals surface area contributed by atoms with Crippen LogP contribution < -0.4 is 26.4 Å². The Morgan fingerprint density at radius 2 is 1.17 bits per heavy atom. The van der Waals surface area contributed by atoms with Crippen LogP contribution in [0, 0.1) is 13.1 Å². The molecule has 10 rings (SSSR count). The topological polar surface area (TPSA) is 188 Å². The average molecular weight is 934 g/mol. The summed E-state index contributed by atoms with van der Waals surface area (Å²) in [5.74, 6) is 2.31. The van der Waals surface area contributed by atoms with Gasteiger partial charge in [0, 0.05) is 57.5 Å². The van der Waals surface area contributed by atoms with Gasteiger partial charge in [-0.05, 0) is 78.7 Å². The molecule has 2 saturated heterocycles. The van der Waals surface area contributed by atoms with Crippen molar-refractivity contribution in [1.82, 2.24) is 10.1 Å². The number of nitrogens with two attached hydrogens (primary N) is 2. The molecule has 0 aliphatic carbocycles. The van der Waals surface area contributed by atoms with Crippen LogP contribution >= 0.6 is 15.9 Å². The average Bonchev–Trinajstić information content (AvgIpc) is 3.49. The summed E-state index contributed by atoms with van der Waals surface area (Å²) >= 11 is 3.53. The van der Waals surface area contributed by atoms with Gasteiger partial charge in [0.2, 0.25) is 23.4 Å². The van der Waals surface area contributed by atoms with Crippen molar-refractivity contribution in [2.75, 3.05) is 40.5 Å². The predicted molar refractivity (Wildman–Crippen MR) is 244 cm³/mol. The van der Waals surface area contributed by atoms with Gasteiger partial charge in [-0.15, -0.1) is 0 Å². The maximum absolute atomic E-state index is 8.70. The van der Waals surface area contributed by atoms with Crippen LogP contribution in [0.2, 0.25) is 0 Å². The number of guanidine groups is 2. The van der Waals surface area contributed by atoms with Crippen molar-refractivity contribution in [3.05, 3.63) is 123 Å². The molecule has 6 aliphatic heterocycles. The van der Waals surface area contributed by atoms with Crippen molar-refractivity contribution in [2.24, 2.45) is 21.5 Å². The van der Waals surface area contributed by atoms with Crippen LogP contribution in [0.25, 0.3) is 20.8 Å². The molecule has 0 radical (unpaired) electrons. The SMILES string of the molecule is CN1OC2(CC3(CCCOCC3)Oc3ccc(Br)cc32)N=C1N.[C-]#[N+]c1cccc(-c2ccc3c(c2)C2(CC4(CCCOCC4)O3)N=C(N)N(C)O2)c1.[C-]#[N+]c1cccc(B(O)O)c1. The summed E-state index contributed by atoms with van der Waals surface area (Å²) in [6.45, 7) is 16.8. The fourth-order valence-electron chi connectivity index (χ4n) is 9.09. The number of aliphatic imine (C=N–C) groups is 2. The third-order valence-corrected chi connectivity index (χ3v) is 12.7. The molecule has 332 valence electrons.